The number of amides is 1. The van der Waals surface area contributed by atoms with Crippen molar-refractivity contribution in [1.82, 2.24) is 10.6 Å². The Bertz CT molecular complexity index is 820. The Balaban J connectivity index is 1.60. The van der Waals surface area contributed by atoms with Gasteiger partial charge in [0.1, 0.15) is 5.82 Å². The molecule has 1 aliphatic rings. The zero-order chi connectivity index (χ0) is 19.8. The van der Waals surface area contributed by atoms with Gasteiger partial charge in [-0.05, 0) is 43.5 Å². The third-order valence-electron chi connectivity index (χ3n) is 4.74. The average Bonchev–Trinajstić information content (AvgIpc) is 2.72. The molecule has 1 saturated heterocycles. The van der Waals surface area contributed by atoms with Crippen molar-refractivity contribution in [2.75, 3.05) is 18.0 Å². The Labute approximate surface area is 165 Å². The number of nitrogens with one attached hydrogen (secondary N) is 2. The van der Waals surface area contributed by atoms with Crippen LogP contribution in [0, 0.1) is 5.82 Å². The normalized spacial score (nSPS) is 14.9. The Morgan fingerprint density at radius 1 is 1.11 bits per heavy atom. The minimum atomic E-state index is -0.228. The Hall–Kier alpha value is -2.89. The fourth-order valence-corrected chi connectivity index (χ4v) is 3.19. The SMILES string of the molecule is CCNC(=NCc1ccc(N2CCCCC2=O)cc1)NCc1ccccc1F. The molecular formula is C22H27FN4O. The molecule has 0 saturated carbocycles. The summed E-state index contributed by atoms with van der Waals surface area (Å²) in [6.07, 6.45) is 2.67. The molecule has 2 N–H and O–H groups in total. The molecule has 1 amide bonds. The van der Waals surface area contributed by atoms with Crippen LogP contribution in [0.25, 0.3) is 0 Å². The lowest BCUT2D eigenvalue weighted by atomic mass is 10.1. The van der Waals surface area contributed by atoms with Crippen LogP contribution in [0.3, 0.4) is 0 Å². The van der Waals surface area contributed by atoms with E-state index in [-0.39, 0.29) is 11.7 Å². The van der Waals surface area contributed by atoms with E-state index in [1.165, 1.54) is 6.07 Å². The number of nitrogens with zero attached hydrogens (tertiary/aromatic N) is 2. The molecule has 0 unspecified atom stereocenters. The molecular weight excluding hydrogens is 355 g/mol. The summed E-state index contributed by atoms with van der Waals surface area (Å²) in [6.45, 7) is 4.38. The van der Waals surface area contributed by atoms with Crippen LogP contribution in [0.4, 0.5) is 10.1 Å². The number of benzene rings is 2. The summed E-state index contributed by atoms with van der Waals surface area (Å²) in [4.78, 5) is 18.5. The Kier molecular flexibility index (Phi) is 7.00. The molecule has 1 heterocycles. The van der Waals surface area contributed by atoms with Crippen molar-refractivity contribution in [3.05, 3.63) is 65.5 Å². The number of carbonyl (C=O) groups is 1. The van der Waals surface area contributed by atoms with Crippen LogP contribution in [0.2, 0.25) is 0 Å². The summed E-state index contributed by atoms with van der Waals surface area (Å²) >= 11 is 0. The van der Waals surface area contributed by atoms with E-state index in [1.54, 1.807) is 12.1 Å². The van der Waals surface area contributed by atoms with Gasteiger partial charge in [-0.25, -0.2) is 9.38 Å². The molecule has 0 bridgehead atoms. The zero-order valence-corrected chi connectivity index (χ0v) is 16.2. The van der Waals surface area contributed by atoms with Gasteiger partial charge in [0.15, 0.2) is 5.96 Å². The highest BCUT2D eigenvalue weighted by Gasteiger charge is 2.19. The number of rotatable bonds is 6. The van der Waals surface area contributed by atoms with Crippen molar-refractivity contribution in [3.63, 3.8) is 0 Å². The van der Waals surface area contributed by atoms with E-state index in [0.717, 1.165) is 37.2 Å². The van der Waals surface area contributed by atoms with Crippen LogP contribution >= 0.6 is 0 Å². The summed E-state index contributed by atoms with van der Waals surface area (Å²) in [7, 11) is 0. The topological polar surface area (TPSA) is 56.7 Å². The number of guanidine groups is 1. The highest BCUT2D eigenvalue weighted by atomic mass is 19.1. The summed E-state index contributed by atoms with van der Waals surface area (Å²) in [6, 6.07) is 14.7. The number of hydrogen-bond acceptors (Lipinski definition) is 2. The van der Waals surface area contributed by atoms with Crippen molar-refractivity contribution in [2.45, 2.75) is 39.3 Å². The van der Waals surface area contributed by atoms with E-state index < -0.39 is 0 Å². The molecule has 2 aromatic rings. The Morgan fingerprint density at radius 2 is 1.89 bits per heavy atom. The van der Waals surface area contributed by atoms with Crippen molar-refractivity contribution in [1.29, 1.82) is 0 Å². The monoisotopic (exact) mass is 382 g/mol. The standard InChI is InChI=1S/C22H27FN4O/c1-2-24-22(26-16-18-7-3-4-8-20(18)23)25-15-17-10-12-19(13-11-17)27-14-6-5-9-21(27)28/h3-4,7-8,10-13H,2,5-6,9,14-16H2,1H3,(H2,24,25,26). The van der Waals surface area contributed by atoms with Gasteiger partial charge in [-0.1, -0.05) is 30.3 Å². The van der Waals surface area contributed by atoms with Gasteiger partial charge in [0.05, 0.1) is 6.54 Å². The largest absolute Gasteiger partial charge is 0.357 e. The van der Waals surface area contributed by atoms with Crippen molar-refractivity contribution >= 4 is 17.6 Å². The molecule has 0 spiro atoms. The van der Waals surface area contributed by atoms with Gasteiger partial charge < -0.3 is 15.5 Å². The van der Waals surface area contributed by atoms with Crippen LogP contribution in [-0.2, 0) is 17.9 Å². The predicted molar refractivity (Wildman–Crippen MR) is 111 cm³/mol. The van der Waals surface area contributed by atoms with E-state index in [1.807, 2.05) is 42.2 Å². The van der Waals surface area contributed by atoms with Crippen LogP contribution in [0.5, 0.6) is 0 Å². The third kappa shape index (κ3) is 5.31. The molecule has 0 radical (unpaired) electrons. The van der Waals surface area contributed by atoms with Gasteiger partial charge in [0.2, 0.25) is 5.91 Å². The number of halogens is 1. The molecule has 3 rings (SSSR count). The van der Waals surface area contributed by atoms with Crippen molar-refractivity contribution < 1.29 is 9.18 Å². The van der Waals surface area contributed by atoms with Crippen molar-refractivity contribution in [3.8, 4) is 0 Å². The first-order valence-corrected chi connectivity index (χ1v) is 9.82. The van der Waals surface area contributed by atoms with Gasteiger partial charge in [0, 0.05) is 37.3 Å². The fraction of sp³-hybridized carbons (Fsp3) is 0.364. The van der Waals surface area contributed by atoms with Crippen molar-refractivity contribution in [2.24, 2.45) is 4.99 Å². The molecule has 28 heavy (non-hydrogen) atoms. The average molecular weight is 382 g/mol. The summed E-state index contributed by atoms with van der Waals surface area (Å²) in [5, 5.41) is 6.34. The fourth-order valence-electron chi connectivity index (χ4n) is 3.19. The molecule has 6 heteroatoms. The number of piperidine rings is 1. The van der Waals surface area contributed by atoms with Gasteiger partial charge in [0.25, 0.3) is 0 Å². The highest BCUT2D eigenvalue weighted by molar-refractivity contribution is 5.93. The number of hydrogen-bond donors (Lipinski definition) is 2. The summed E-state index contributed by atoms with van der Waals surface area (Å²) in [5.74, 6) is 0.610. The number of anilines is 1. The van der Waals surface area contributed by atoms with Gasteiger partial charge >= 0.3 is 0 Å². The van der Waals surface area contributed by atoms with E-state index in [4.69, 9.17) is 0 Å². The van der Waals surface area contributed by atoms with Crippen LogP contribution in [0.15, 0.2) is 53.5 Å². The second-order valence-corrected chi connectivity index (χ2v) is 6.81. The first-order valence-electron chi connectivity index (χ1n) is 9.82. The van der Waals surface area contributed by atoms with E-state index in [0.29, 0.717) is 31.0 Å². The van der Waals surface area contributed by atoms with Crippen LogP contribution < -0.4 is 15.5 Å². The molecule has 1 fully saturated rings. The minimum absolute atomic E-state index is 0.198. The quantitative estimate of drug-likeness (QED) is 0.593. The van der Waals surface area contributed by atoms with Gasteiger partial charge in [-0.2, -0.15) is 0 Å². The maximum absolute atomic E-state index is 13.8. The van der Waals surface area contributed by atoms with Crippen LogP contribution in [0.1, 0.15) is 37.3 Å². The molecule has 2 aromatic carbocycles. The van der Waals surface area contributed by atoms with Crippen LogP contribution in [-0.4, -0.2) is 25.0 Å². The maximum Gasteiger partial charge on any atom is 0.226 e. The number of carbonyl (C=O) groups excluding carboxylic acids is 1. The lowest BCUT2D eigenvalue weighted by Crippen LogP contribution is -2.37. The van der Waals surface area contributed by atoms with E-state index in [2.05, 4.69) is 15.6 Å². The molecule has 0 aromatic heterocycles. The molecule has 148 valence electrons. The third-order valence-corrected chi connectivity index (χ3v) is 4.74. The summed E-state index contributed by atoms with van der Waals surface area (Å²) < 4.78 is 13.8. The molecule has 0 aliphatic carbocycles. The second kappa shape index (κ2) is 9.88. The molecule has 1 aliphatic heterocycles. The predicted octanol–water partition coefficient (Wildman–Crippen LogP) is 3.60. The second-order valence-electron chi connectivity index (χ2n) is 6.81. The van der Waals surface area contributed by atoms with Gasteiger partial charge in [-0.3, -0.25) is 4.79 Å². The molecule has 0 atom stereocenters. The lowest BCUT2D eigenvalue weighted by molar-refractivity contribution is -0.119. The molecule has 5 nitrogen and oxygen atoms in total. The maximum atomic E-state index is 13.8. The van der Waals surface area contributed by atoms with E-state index in [9.17, 15) is 9.18 Å². The summed E-state index contributed by atoms with van der Waals surface area (Å²) in [5.41, 5.74) is 2.60. The lowest BCUT2D eigenvalue weighted by Gasteiger charge is -2.26. The Morgan fingerprint density at radius 3 is 2.61 bits per heavy atom. The minimum Gasteiger partial charge on any atom is -0.357 e. The smallest absolute Gasteiger partial charge is 0.226 e. The van der Waals surface area contributed by atoms with Gasteiger partial charge in [-0.15, -0.1) is 0 Å². The number of aliphatic imine (C=N–C) groups is 1. The van der Waals surface area contributed by atoms with E-state index >= 15 is 0 Å². The first-order chi connectivity index (χ1) is 13.7. The first kappa shape index (κ1) is 19.9. The zero-order valence-electron chi connectivity index (χ0n) is 16.2. The highest BCUT2D eigenvalue weighted by Crippen LogP contribution is 2.21.